The van der Waals surface area contributed by atoms with Crippen LogP contribution in [0.15, 0.2) is 12.1 Å². The van der Waals surface area contributed by atoms with Crippen molar-refractivity contribution < 1.29 is 4.79 Å². The third-order valence-corrected chi connectivity index (χ3v) is 1.80. The number of carbonyl (C=O) groups excluding carboxylic acids is 1. The van der Waals surface area contributed by atoms with E-state index in [1.165, 1.54) is 0 Å². The molecule has 1 atom stereocenters. The summed E-state index contributed by atoms with van der Waals surface area (Å²) in [5.74, 6) is -0.602. The highest BCUT2D eigenvalue weighted by atomic mass is 31.0. The number of hydrogen-bond acceptors (Lipinski definition) is 3. The minimum absolute atomic E-state index is 0.196. The molecule has 4 nitrogen and oxygen atoms in total. The van der Waals surface area contributed by atoms with Crippen molar-refractivity contribution in [3.63, 3.8) is 0 Å². The van der Waals surface area contributed by atoms with Crippen LogP contribution in [0.25, 0.3) is 0 Å². The highest BCUT2D eigenvalue weighted by Crippen LogP contribution is 2.17. The molecule has 5 heteroatoms. The van der Waals surface area contributed by atoms with Crippen LogP contribution in [0.4, 0.5) is 11.4 Å². The van der Waals surface area contributed by atoms with Gasteiger partial charge in [0.1, 0.15) is 0 Å². The summed E-state index contributed by atoms with van der Waals surface area (Å²) >= 11 is 0. The summed E-state index contributed by atoms with van der Waals surface area (Å²) in [5.41, 5.74) is 16.9. The summed E-state index contributed by atoms with van der Waals surface area (Å²) < 4.78 is 0. The molecule has 1 rings (SSSR count). The lowest BCUT2D eigenvalue weighted by molar-refractivity contribution is 0.100. The van der Waals surface area contributed by atoms with Crippen LogP contribution >= 0.6 is 9.24 Å². The molecule has 0 saturated carbocycles. The first-order chi connectivity index (χ1) is 5.52. The lowest BCUT2D eigenvalue weighted by Gasteiger charge is -2.06. The fourth-order valence-corrected chi connectivity index (χ4v) is 1.36. The molecule has 0 aliphatic heterocycles. The molecule has 1 aromatic carbocycles. The van der Waals surface area contributed by atoms with Crippen LogP contribution in [-0.2, 0) is 0 Å². The molecule has 1 aromatic rings. The SMILES string of the molecule is NC(=O)c1c(N)cc(P)cc1N. The van der Waals surface area contributed by atoms with Gasteiger partial charge in [-0.1, -0.05) is 0 Å². The summed E-state index contributed by atoms with van der Waals surface area (Å²) in [5, 5.41) is 0.829. The highest BCUT2D eigenvalue weighted by Gasteiger charge is 2.09. The monoisotopic (exact) mass is 183 g/mol. The summed E-state index contributed by atoms with van der Waals surface area (Å²) in [7, 11) is 2.44. The minimum atomic E-state index is -0.602. The van der Waals surface area contributed by atoms with Gasteiger partial charge >= 0.3 is 0 Å². The van der Waals surface area contributed by atoms with E-state index in [4.69, 9.17) is 17.2 Å². The molecule has 6 N–H and O–H groups in total. The van der Waals surface area contributed by atoms with Crippen LogP contribution in [0.5, 0.6) is 0 Å². The van der Waals surface area contributed by atoms with Crippen molar-refractivity contribution in [3.05, 3.63) is 17.7 Å². The maximum Gasteiger partial charge on any atom is 0.252 e. The topological polar surface area (TPSA) is 95.1 Å². The number of rotatable bonds is 1. The molecule has 0 fully saturated rings. The van der Waals surface area contributed by atoms with E-state index in [0.717, 1.165) is 5.30 Å². The van der Waals surface area contributed by atoms with E-state index in [9.17, 15) is 4.79 Å². The molecule has 1 amide bonds. The third-order valence-electron chi connectivity index (χ3n) is 1.47. The number of amides is 1. The summed E-state index contributed by atoms with van der Waals surface area (Å²) in [6.07, 6.45) is 0. The quantitative estimate of drug-likeness (QED) is 0.402. The molecule has 64 valence electrons. The summed E-state index contributed by atoms with van der Waals surface area (Å²) in [4.78, 5) is 10.8. The Hall–Kier alpha value is -1.28. The van der Waals surface area contributed by atoms with Gasteiger partial charge in [-0.15, -0.1) is 9.24 Å². The lowest BCUT2D eigenvalue weighted by Crippen LogP contribution is -2.17. The smallest absolute Gasteiger partial charge is 0.252 e. The zero-order chi connectivity index (χ0) is 9.30. The molecule has 0 aliphatic rings. The van der Waals surface area contributed by atoms with Crippen LogP contribution in [0.3, 0.4) is 0 Å². The fraction of sp³-hybridized carbons (Fsp3) is 0. The first-order valence-corrected chi connectivity index (χ1v) is 3.84. The van der Waals surface area contributed by atoms with Gasteiger partial charge in [0.15, 0.2) is 0 Å². The molecular formula is C7H10N3OP. The number of benzene rings is 1. The second kappa shape index (κ2) is 2.99. The molecule has 12 heavy (non-hydrogen) atoms. The Morgan fingerprint density at radius 3 is 2.00 bits per heavy atom. The van der Waals surface area contributed by atoms with Gasteiger partial charge in [-0.25, -0.2) is 0 Å². The van der Waals surface area contributed by atoms with Crippen molar-refractivity contribution in [1.29, 1.82) is 0 Å². The largest absolute Gasteiger partial charge is 0.398 e. The zero-order valence-corrected chi connectivity index (χ0v) is 7.53. The van der Waals surface area contributed by atoms with Gasteiger partial charge in [0.2, 0.25) is 0 Å². The molecule has 0 aromatic heterocycles. The predicted octanol–water partition coefficient (Wildman–Crippen LogP) is -0.550. The number of primary amides is 1. The van der Waals surface area contributed by atoms with Gasteiger partial charge in [0.25, 0.3) is 5.91 Å². The van der Waals surface area contributed by atoms with Gasteiger partial charge in [-0.05, 0) is 17.4 Å². The standard InChI is InChI=1S/C7H10N3OP/c8-4-1-3(12)2-5(9)6(4)7(10)11/h1-2H,8-9,12H2,(H2,10,11). The average molecular weight is 183 g/mol. The molecule has 0 heterocycles. The Morgan fingerprint density at radius 2 is 1.67 bits per heavy atom. The first kappa shape index (κ1) is 8.81. The average Bonchev–Trinajstić information content (AvgIpc) is 1.82. The van der Waals surface area contributed by atoms with E-state index >= 15 is 0 Å². The number of nitrogens with two attached hydrogens (primary N) is 3. The van der Waals surface area contributed by atoms with Gasteiger partial charge in [-0.3, -0.25) is 4.79 Å². The van der Waals surface area contributed by atoms with Crippen LogP contribution in [0.1, 0.15) is 10.4 Å². The minimum Gasteiger partial charge on any atom is -0.398 e. The molecule has 0 radical (unpaired) electrons. The van der Waals surface area contributed by atoms with E-state index in [1.807, 2.05) is 0 Å². The predicted molar refractivity (Wildman–Crippen MR) is 53.1 cm³/mol. The van der Waals surface area contributed by atoms with E-state index < -0.39 is 5.91 Å². The van der Waals surface area contributed by atoms with Crippen molar-refractivity contribution in [2.45, 2.75) is 0 Å². The van der Waals surface area contributed by atoms with Crippen molar-refractivity contribution in [2.75, 3.05) is 11.5 Å². The van der Waals surface area contributed by atoms with Crippen LogP contribution in [-0.4, -0.2) is 5.91 Å². The van der Waals surface area contributed by atoms with E-state index in [0.29, 0.717) is 11.4 Å². The van der Waals surface area contributed by atoms with Gasteiger partial charge in [-0.2, -0.15) is 0 Å². The Balaban J connectivity index is 3.38. The molecule has 0 spiro atoms. The Bertz CT molecular complexity index is 314. The number of carbonyl (C=O) groups is 1. The van der Waals surface area contributed by atoms with Crippen molar-refractivity contribution >= 4 is 31.8 Å². The first-order valence-electron chi connectivity index (χ1n) is 3.26. The highest BCUT2D eigenvalue weighted by molar-refractivity contribution is 7.27. The van der Waals surface area contributed by atoms with Crippen LogP contribution < -0.4 is 22.5 Å². The zero-order valence-electron chi connectivity index (χ0n) is 6.37. The third kappa shape index (κ3) is 1.48. The van der Waals surface area contributed by atoms with Crippen molar-refractivity contribution in [2.24, 2.45) is 5.73 Å². The number of nitrogen functional groups attached to an aromatic ring is 2. The van der Waals surface area contributed by atoms with Crippen LogP contribution in [0.2, 0.25) is 0 Å². The summed E-state index contributed by atoms with van der Waals surface area (Å²) in [6.45, 7) is 0. The van der Waals surface area contributed by atoms with Crippen molar-refractivity contribution in [3.8, 4) is 0 Å². The second-order valence-electron chi connectivity index (χ2n) is 2.44. The van der Waals surface area contributed by atoms with Gasteiger partial charge in [0, 0.05) is 11.4 Å². The van der Waals surface area contributed by atoms with E-state index in [2.05, 4.69) is 9.24 Å². The maximum atomic E-state index is 10.8. The summed E-state index contributed by atoms with van der Waals surface area (Å²) in [6, 6.07) is 3.25. The Labute approximate surface area is 72.3 Å². The fourth-order valence-electron chi connectivity index (χ4n) is 0.996. The van der Waals surface area contributed by atoms with E-state index in [1.54, 1.807) is 12.1 Å². The normalized spacial score (nSPS) is 9.75. The van der Waals surface area contributed by atoms with Gasteiger partial charge in [0.05, 0.1) is 5.56 Å². The molecule has 0 aliphatic carbocycles. The Kier molecular flexibility index (Phi) is 2.20. The second-order valence-corrected chi connectivity index (χ2v) is 3.11. The number of anilines is 2. The number of hydrogen-bond donors (Lipinski definition) is 3. The van der Waals surface area contributed by atoms with Crippen molar-refractivity contribution in [1.82, 2.24) is 0 Å². The molecule has 0 bridgehead atoms. The molecule has 1 unspecified atom stereocenters. The maximum absolute atomic E-state index is 10.8. The van der Waals surface area contributed by atoms with Gasteiger partial charge < -0.3 is 17.2 Å². The molecular weight excluding hydrogens is 173 g/mol. The van der Waals surface area contributed by atoms with Crippen LogP contribution in [0, 0.1) is 0 Å². The Morgan fingerprint density at radius 1 is 1.25 bits per heavy atom. The molecule has 0 saturated heterocycles. The van der Waals surface area contributed by atoms with E-state index in [-0.39, 0.29) is 5.56 Å². The lowest BCUT2D eigenvalue weighted by atomic mass is 10.1.